The number of hydrogen-bond donors (Lipinski definition) is 0. The maximum atomic E-state index is 4.58. The summed E-state index contributed by atoms with van der Waals surface area (Å²) < 4.78 is 0. The van der Waals surface area contributed by atoms with Crippen LogP contribution in [0.3, 0.4) is 0 Å². The molecule has 3 rings (SSSR count). The standard InChI is InChI=1S/C19H17N/c1-14-3-7-16(8-4-14)18-11-12-19(20-13-18)17-9-5-15(2)6-10-17/h3-13H,1-2H3. The first-order chi connectivity index (χ1) is 9.72. The minimum Gasteiger partial charge on any atom is -0.256 e. The van der Waals surface area contributed by atoms with Gasteiger partial charge in [0.05, 0.1) is 5.69 Å². The van der Waals surface area contributed by atoms with E-state index in [9.17, 15) is 0 Å². The predicted molar refractivity (Wildman–Crippen MR) is 84.6 cm³/mol. The van der Waals surface area contributed by atoms with Crippen LogP contribution in [0.4, 0.5) is 0 Å². The molecule has 0 spiro atoms. The molecule has 0 aliphatic heterocycles. The van der Waals surface area contributed by atoms with E-state index in [1.807, 2.05) is 6.20 Å². The van der Waals surface area contributed by atoms with Crippen LogP contribution in [0.5, 0.6) is 0 Å². The fraction of sp³-hybridized carbons (Fsp3) is 0.105. The van der Waals surface area contributed by atoms with E-state index < -0.39 is 0 Å². The summed E-state index contributed by atoms with van der Waals surface area (Å²) in [6.07, 6.45) is 1.94. The predicted octanol–water partition coefficient (Wildman–Crippen LogP) is 5.03. The lowest BCUT2D eigenvalue weighted by Gasteiger charge is -2.05. The van der Waals surface area contributed by atoms with Gasteiger partial charge in [0.15, 0.2) is 0 Å². The zero-order chi connectivity index (χ0) is 13.9. The first-order valence-corrected chi connectivity index (χ1v) is 6.82. The maximum Gasteiger partial charge on any atom is 0.0702 e. The zero-order valence-corrected chi connectivity index (χ0v) is 11.8. The number of benzene rings is 2. The van der Waals surface area contributed by atoms with E-state index in [1.165, 1.54) is 16.7 Å². The second kappa shape index (κ2) is 5.30. The highest BCUT2D eigenvalue weighted by atomic mass is 14.7. The lowest BCUT2D eigenvalue weighted by Crippen LogP contribution is -1.85. The number of aryl methyl sites for hydroxylation is 2. The average Bonchev–Trinajstić information content (AvgIpc) is 2.49. The SMILES string of the molecule is Cc1ccc(-c2ccc(-c3ccc(C)cc3)nc2)cc1. The smallest absolute Gasteiger partial charge is 0.0702 e. The van der Waals surface area contributed by atoms with Crippen molar-refractivity contribution in [1.82, 2.24) is 4.98 Å². The Bertz CT molecular complexity index is 628. The van der Waals surface area contributed by atoms with Crippen LogP contribution in [-0.4, -0.2) is 4.98 Å². The van der Waals surface area contributed by atoms with Crippen molar-refractivity contribution < 1.29 is 0 Å². The van der Waals surface area contributed by atoms with E-state index in [0.717, 1.165) is 16.8 Å². The lowest BCUT2D eigenvalue weighted by atomic mass is 10.0. The van der Waals surface area contributed by atoms with Gasteiger partial charge in [0.25, 0.3) is 0 Å². The Balaban J connectivity index is 1.91. The van der Waals surface area contributed by atoms with Crippen molar-refractivity contribution in [3.8, 4) is 22.4 Å². The van der Waals surface area contributed by atoms with Crippen LogP contribution >= 0.6 is 0 Å². The molecule has 0 aliphatic rings. The van der Waals surface area contributed by atoms with Gasteiger partial charge in [-0.2, -0.15) is 0 Å². The van der Waals surface area contributed by atoms with Crippen molar-refractivity contribution in [2.45, 2.75) is 13.8 Å². The average molecular weight is 259 g/mol. The van der Waals surface area contributed by atoms with Gasteiger partial charge in [-0.3, -0.25) is 4.98 Å². The van der Waals surface area contributed by atoms with Crippen LogP contribution in [0.25, 0.3) is 22.4 Å². The molecule has 2 aromatic carbocycles. The molecule has 1 nitrogen and oxygen atoms in total. The van der Waals surface area contributed by atoms with E-state index in [-0.39, 0.29) is 0 Å². The van der Waals surface area contributed by atoms with Crippen LogP contribution in [-0.2, 0) is 0 Å². The summed E-state index contributed by atoms with van der Waals surface area (Å²) >= 11 is 0. The van der Waals surface area contributed by atoms with Crippen LogP contribution in [0.1, 0.15) is 11.1 Å². The molecule has 0 fully saturated rings. The molecule has 0 N–H and O–H groups in total. The molecule has 0 amide bonds. The summed E-state index contributed by atoms with van der Waals surface area (Å²) in [7, 11) is 0. The Hall–Kier alpha value is -2.41. The molecule has 20 heavy (non-hydrogen) atoms. The topological polar surface area (TPSA) is 12.9 Å². The fourth-order valence-electron chi connectivity index (χ4n) is 2.21. The third kappa shape index (κ3) is 2.62. The Labute approximate surface area is 119 Å². The molecule has 3 aromatic rings. The summed E-state index contributed by atoms with van der Waals surface area (Å²) in [5, 5.41) is 0. The van der Waals surface area contributed by atoms with Crippen molar-refractivity contribution in [1.29, 1.82) is 0 Å². The number of hydrogen-bond acceptors (Lipinski definition) is 1. The molecule has 0 aliphatic carbocycles. The Morgan fingerprint density at radius 3 is 1.55 bits per heavy atom. The molecular weight excluding hydrogens is 242 g/mol. The minimum atomic E-state index is 1.01. The van der Waals surface area contributed by atoms with E-state index in [4.69, 9.17) is 0 Å². The Morgan fingerprint density at radius 1 is 0.550 bits per heavy atom. The molecule has 1 heterocycles. The largest absolute Gasteiger partial charge is 0.256 e. The zero-order valence-electron chi connectivity index (χ0n) is 11.8. The van der Waals surface area contributed by atoms with Crippen molar-refractivity contribution in [3.63, 3.8) is 0 Å². The first-order valence-electron chi connectivity index (χ1n) is 6.82. The van der Waals surface area contributed by atoms with Gasteiger partial charge in [-0.25, -0.2) is 0 Å². The lowest BCUT2D eigenvalue weighted by molar-refractivity contribution is 1.32. The summed E-state index contributed by atoms with van der Waals surface area (Å²) in [5.74, 6) is 0. The summed E-state index contributed by atoms with van der Waals surface area (Å²) in [5.41, 5.74) is 7.08. The maximum absolute atomic E-state index is 4.58. The van der Waals surface area contributed by atoms with Crippen LogP contribution in [0.2, 0.25) is 0 Å². The number of rotatable bonds is 2. The quantitative estimate of drug-likeness (QED) is 0.628. The summed E-state index contributed by atoms with van der Waals surface area (Å²) in [6, 6.07) is 21.2. The first kappa shape index (κ1) is 12.6. The molecular formula is C19H17N. The van der Waals surface area contributed by atoms with E-state index in [2.05, 4.69) is 79.5 Å². The van der Waals surface area contributed by atoms with E-state index >= 15 is 0 Å². The minimum absolute atomic E-state index is 1.01. The highest BCUT2D eigenvalue weighted by Gasteiger charge is 2.01. The van der Waals surface area contributed by atoms with Gasteiger partial charge in [0.1, 0.15) is 0 Å². The Morgan fingerprint density at radius 2 is 1.05 bits per heavy atom. The highest BCUT2D eigenvalue weighted by molar-refractivity contribution is 5.67. The van der Waals surface area contributed by atoms with Crippen LogP contribution < -0.4 is 0 Å². The van der Waals surface area contributed by atoms with Gasteiger partial charge in [-0.05, 0) is 25.5 Å². The van der Waals surface area contributed by atoms with Gasteiger partial charge >= 0.3 is 0 Å². The third-order valence-corrected chi connectivity index (χ3v) is 3.50. The van der Waals surface area contributed by atoms with Gasteiger partial charge in [-0.15, -0.1) is 0 Å². The van der Waals surface area contributed by atoms with E-state index in [1.54, 1.807) is 0 Å². The monoisotopic (exact) mass is 259 g/mol. The van der Waals surface area contributed by atoms with Crippen LogP contribution in [0.15, 0.2) is 66.9 Å². The molecule has 0 radical (unpaired) electrons. The van der Waals surface area contributed by atoms with Crippen molar-refractivity contribution >= 4 is 0 Å². The van der Waals surface area contributed by atoms with Crippen LogP contribution in [0, 0.1) is 13.8 Å². The number of aromatic nitrogens is 1. The van der Waals surface area contributed by atoms with E-state index in [0.29, 0.717) is 0 Å². The molecule has 1 aromatic heterocycles. The normalized spacial score (nSPS) is 10.5. The van der Waals surface area contributed by atoms with Crippen molar-refractivity contribution in [3.05, 3.63) is 78.0 Å². The van der Waals surface area contributed by atoms with Gasteiger partial charge in [0.2, 0.25) is 0 Å². The second-order valence-corrected chi connectivity index (χ2v) is 5.16. The molecule has 0 saturated heterocycles. The van der Waals surface area contributed by atoms with Gasteiger partial charge < -0.3 is 0 Å². The molecule has 1 heteroatoms. The fourth-order valence-corrected chi connectivity index (χ4v) is 2.21. The highest BCUT2D eigenvalue weighted by Crippen LogP contribution is 2.23. The molecule has 0 saturated carbocycles. The van der Waals surface area contributed by atoms with Gasteiger partial charge in [0, 0.05) is 17.3 Å². The number of nitrogens with zero attached hydrogens (tertiary/aromatic N) is 1. The molecule has 0 bridgehead atoms. The molecule has 0 unspecified atom stereocenters. The summed E-state index contributed by atoms with van der Waals surface area (Å²) in [4.78, 5) is 4.58. The third-order valence-electron chi connectivity index (χ3n) is 3.50. The summed E-state index contributed by atoms with van der Waals surface area (Å²) in [6.45, 7) is 4.19. The van der Waals surface area contributed by atoms with Gasteiger partial charge in [-0.1, -0.05) is 65.7 Å². The molecule has 98 valence electrons. The van der Waals surface area contributed by atoms with Crippen molar-refractivity contribution in [2.24, 2.45) is 0 Å². The second-order valence-electron chi connectivity index (χ2n) is 5.16. The van der Waals surface area contributed by atoms with Crippen molar-refractivity contribution in [2.75, 3.05) is 0 Å². The Kier molecular flexibility index (Phi) is 3.34. The number of pyridine rings is 1. The molecule has 0 atom stereocenters.